The van der Waals surface area contributed by atoms with Crippen LogP contribution in [-0.4, -0.2) is 44.8 Å². The smallest absolute Gasteiger partial charge is 0.179 e. The standard InChI is InChI=1S/C16H23ClN2O2.ClH/c1-18-9-12-3-4-19(10-12)11-13-7-14(17)16-15(8-13)20-5-2-6-21-16;/h7-8,12,18H,2-6,9-11H2,1H3;1H. The number of hydrogen-bond acceptors (Lipinski definition) is 4. The van der Waals surface area contributed by atoms with E-state index in [1.165, 1.54) is 12.0 Å². The highest BCUT2D eigenvalue weighted by Crippen LogP contribution is 2.38. The first-order valence-corrected chi connectivity index (χ1v) is 8.09. The SMILES string of the molecule is CNCC1CCN(Cc2cc(Cl)c3c(c2)OCCCO3)C1.Cl. The van der Waals surface area contributed by atoms with Gasteiger partial charge in [-0.25, -0.2) is 0 Å². The lowest BCUT2D eigenvalue weighted by Crippen LogP contribution is -2.24. The molecule has 1 unspecified atom stereocenters. The summed E-state index contributed by atoms with van der Waals surface area (Å²) < 4.78 is 11.4. The van der Waals surface area contributed by atoms with Gasteiger partial charge in [-0.2, -0.15) is 0 Å². The second kappa shape index (κ2) is 8.25. The molecule has 6 heteroatoms. The Balaban J connectivity index is 0.00000176. The van der Waals surface area contributed by atoms with Crippen LogP contribution >= 0.6 is 24.0 Å². The van der Waals surface area contributed by atoms with E-state index < -0.39 is 0 Å². The van der Waals surface area contributed by atoms with Crippen LogP contribution in [0.1, 0.15) is 18.4 Å². The number of rotatable bonds is 4. The Kier molecular flexibility index (Phi) is 6.63. The normalized spacial score (nSPS) is 21.3. The van der Waals surface area contributed by atoms with E-state index in [4.69, 9.17) is 21.1 Å². The van der Waals surface area contributed by atoms with Gasteiger partial charge in [-0.05, 0) is 50.2 Å². The molecule has 1 aromatic rings. The van der Waals surface area contributed by atoms with Crippen LogP contribution < -0.4 is 14.8 Å². The second-order valence-electron chi connectivity index (χ2n) is 5.90. The van der Waals surface area contributed by atoms with Crippen LogP contribution in [0.3, 0.4) is 0 Å². The van der Waals surface area contributed by atoms with E-state index in [1.54, 1.807) is 0 Å². The number of hydrogen-bond donors (Lipinski definition) is 1. The Labute approximate surface area is 143 Å². The predicted octanol–water partition coefficient (Wildman–Crippen LogP) is 2.96. The summed E-state index contributed by atoms with van der Waals surface area (Å²) in [6, 6.07) is 4.10. The molecule has 2 aliphatic heterocycles. The summed E-state index contributed by atoms with van der Waals surface area (Å²) in [5.74, 6) is 2.25. The van der Waals surface area contributed by atoms with Gasteiger partial charge in [0.2, 0.25) is 0 Å². The van der Waals surface area contributed by atoms with Crippen molar-refractivity contribution in [1.82, 2.24) is 10.2 Å². The van der Waals surface area contributed by atoms with E-state index in [0.29, 0.717) is 24.0 Å². The van der Waals surface area contributed by atoms with Gasteiger partial charge in [-0.15, -0.1) is 12.4 Å². The van der Waals surface area contributed by atoms with Gasteiger partial charge in [0.25, 0.3) is 0 Å². The Bertz CT molecular complexity index is 499. The highest BCUT2D eigenvalue weighted by Gasteiger charge is 2.23. The minimum atomic E-state index is 0. The monoisotopic (exact) mass is 346 g/mol. The molecule has 1 aromatic carbocycles. The lowest BCUT2D eigenvalue weighted by molar-refractivity contribution is 0.296. The molecule has 1 atom stereocenters. The molecule has 1 N–H and O–H groups in total. The van der Waals surface area contributed by atoms with Gasteiger partial charge in [0.1, 0.15) is 0 Å². The molecule has 124 valence electrons. The quantitative estimate of drug-likeness (QED) is 0.908. The fraction of sp³-hybridized carbons (Fsp3) is 0.625. The van der Waals surface area contributed by atoms with Crippen LogP contribution in [0.15, 0.2) is 12.1 Å². The summed E-state index contributed by atoms with van der Waals surface area (Å²) in [4.78, 5) is 2.48. The van der Waals surface area contributed by atoms with Crippen molar-refractivity contribution in [3.8, 4) is 11.5 Å². The molecule has 1 saturated heterocycles. The highest BCUT2D eigenvalue weighted by atomic mass is 35.5. The molecule has 1 fully saturated rings. The molecule has 22 heavy (non-hydrogen) atoms. The van der Waals surface area contributed by atoms with E-state index in [9.17, 15) is 0 Å². The van der Waals surface area contributed by atoms with Gasteiger partial charge >= 0.3 is 0 Å². The number of fused-ring (bicyclic) bond motifs is 1. The molecule has 0 saturated carbocycles. The van der Waals surface area contributed by atoms with Crippen LogP contribution in [0.25, 0.3) is 0 Å². The van der Waals surface area contributed by atoms with Crippen LogP contribution in [-0.2, 0) is 6.54 Å². The zero-order valence-electron chi connectivity index (χ0n) is 12.9. The molecule has 0 bridgehead atoms. The Morgan fingerprint density at radius 2 is 2.14 bits per heavy atom. The van der Waals surface area contributed by atoms with E-state index in [0.717, 1.165) is 44.3 Å². The first-order valence-electron chi connectivity index (χ1n) is 7.71. The fourth-order valence-electron chi connectivity index (χ4n) is 3.15. The van der Waals surface area contributed by atoms with Crippen molar-refractivity contribution in [3.63, 3.8) is 0 Å². The number of nitrogens with zero attached hydrogens (tertiary/aromatic N) is 1. The van der Waals surface area contributed by atoms with Crippen LogP contribution in [0.2, 0.25) is 5.02 Å². The molecule has 2 aliphatic rings. The third-order valence-corrected chi connectivity index (χ3v) is 4.41. The third kappa shape index (κ3) is 4.19. The van der Waals surface area contributed by atoms with Crippen molar-refractivity contribution in [2.45, 2.75) is 19.4 Å². The Morgan fingerprint density at radius 1 is 1.32 bits per heavy atom. The number of likely N-dealkylation sites (tertiary alicyclic amines) is 1. The van der Waals surface area contributed by atoms with Gasteiger partial charge in [0.15, 0.2) is 11.5 Å². The maximum atomic E-state index is 6.35. The summed E-state index contributed by atoms with van der Waals surface area (Å²) in [7, 11) is 2.02. The van der Waals surface area contributed by atoms with Crippen molar-refractivity contribution >= 4 is 24.0 Å². The maximum absolute atomic E-state index is 6.35. The van der Waals surface area contributed by atoms with Gasteiger partial charge in [-0.1, -0.05) is 11.6 Å². The summed E-state index contributed by atoms with van der Waals surface area (Å²) >= 11 is 6.35. The molecule has 2 heterocycles. The van der Waals surface area contributed by atoms with Crippen molar-refractivity contribution in [3.05, 3.63) is 22.7 Å². The minimum Gasteiger partial charge on any atom is -0.489 e. The largest absolute Gasteiger partial charge is 0.489 e. The molecule has 3 rings (SSSR count). The van der Waals surface area contributed by atoms with Crippen LogP contribution in [0.4, 0.5) is 0 Å². The van der Waals surface area contributed by atoms with E-state index in [1.807, 2.05) is 13.1 Å². The van der Waals surface area contributed by atoms with Crippen LogP contribution in [0, 0.1) is 5.92 Å². The number of halogens is 2. The van der Waals surface area contributed by atoms with E-state index in [-0.39, 0.29) is 12.4 Å². The van der Waals surface area contributed by atoms with Gasteiger partial charge in [-0.3, -0.25) is 4.90 Å². The molecule has 0 aliphatic carbocycles. The summed E-state index contributed by atoms with van der Waals surface area (Å²) in [5.41, 5.74) is 1.20. The molecule has 4 nitrogen and oxygen atoms in total. The molecule has 0 aromatic heterocycles. The fourth-order valence-corrected chi connectivity index (χ4v) is 3.43. The minimum absolute atomic E-state index is 0. The summed E-state index contributed by atoms with van der Waals surface area (Å²) in [6.07, 6.45) is 2.16. The maximum Gasteiger partial charge on any atom is 0.179 e. The molecule has 0 amide bonds. The van der Waals surface area contributed by atoms with E-state index in [2.05, 4.69) is 16.3 Å². The topological polar surface area (TPSA) is 33.7 Å². The molecule has 0 radical (unpaired) electrons. The second-order valence-corrected chi connectivity index (χ2v) is 6.31. The molecule has 0 spiro atoms. The zero-order chi connectivity index (χ0) is 14.7. The van der Waals surface area contributed by atoms with Crippen LogP contribution in [0.5, 0.6) is 11.5 Å². The lowest BCUT2D eigenvalue weighted by Gasteiger charge is -2.18. The van der Waals surface area contributed by atoms with Crippen molar-refractivity contribution in [2.24, 2.45) is 5.92 Å². The van der Waals surface area contributed by atoms with Gasteiger partial charge < -0.3 is 14.8 Å². The number of nitrogens with one attached hydrogen (secondary N) is 1. The Morgan fingerprint density at radius 3 is 2.95 bits per heavy atom. The lowest BCUT2D eigenvalue weighted by atomic mass is 10.1. The first-order chi connectivity index (χ1) is 10.3. The zero-order valence-corrected chi connectivity index (χ0v) is 14.5. The summed E-state index contributed by atoms with van der Waals surface area (Å²) in [6.45, 7) is 5.69. The Hall–Kier alpha value is -0.680. The third-order valence-electron chi connectivity index (χ3n) is 4.13. The van der Waals surface area contributed by atoms with E-state index >= 15 is 0 Å². The average Bonchev–Trinajstić information content (AvgIpc) is 2.74. The highest BCUT2D eigenvalue weighted by molar-refractivity contribution is 6.32. The van der Waals surface area contributed by atoms with Gasteiger partial charge in [0, 0.05) is 19.5 Å². The van der Waals surface area contributed by atoms with Crippen molar-refractivity contribution in [2.75, 3.05) is 39.9 Å². The summed E-state index contributed by atoms with van der Waals surface area (Å²) in [5, 5.41) is 3.93. The number of ether oxygens (including phenoxy) is 2. The van der Waals surface area contributed by atoms with Crippen molar-refractivity contribution in [1.29, 1.82) is 0 Å². The first kappa shape index (κ1) is 17.7. The predicted molar refractivity (Wildman–Crippen MR) is 91.6 cm³/mol. The number of benzene rings is 1. The van der Waals surface area contributed by atoms with Gasteiger partial charge in [0.05, 0.1) is 18.2 Å². The molecular weight excluding hydrogens is 323 g/mol. The average molecular weight is 347 g/mol. The van der Waals surface area contributed by atoms with Crippen molar-refractivity contribution < 1.29 is 9.47 Å². The molecular formula is C16H24Cl2N2O2.